The van der Waals surface area contributed by atoms with Gasteiger partial charge in [-0.05, 0) is 17.5 Å². The first-order chi connectivity index (χ1) is 6.22. The molecule has 0 heterocycles. The normalized spacial score (nSPS) is 12.8. The fraction of sp³-hybridized carbons (Fsp3) is 0.400. The number of aryl methyl sites for hydroxylation is 1. The van der Waals surface area contributed by atoms with E-state index in [0.717, 1.165) is 18.4 Å². The van der Waals surface area contributed by atoms with Gasteiger partial charge in [0.1, 0.15) is 0 Å². The summed E-state index contributed by atoms with van der Waals surface area (Å²) in [5.41, 5.74) is 2.09. The van der Waals surface area contributed by atoms with Crippen molar-refractivity contribution >= 4 is 11.1 Å². The summed E-state index contributed by atoms with van der Waals surface area (Å²) in [5.74, 6) is 0.123. The van der Waals surface area contributed by atoms with Gasteiger partial charge in [0.15, 0.2) is 0 Å². The number of hydrogen-bond donors (Lipinski definition) is 0. The maximum atomic E-state index is 10.4. The molecule has 0 amide bonds. The van der Waals surface area contributed by atoms with Crippen LogP contribution in [0.4, 0.5) is 0 Å². The van der Waals surface area contributed by atoms with Gasteiger partial charge in [-0.1, -0.05) is 48.7 Å². The third-order valence-electron chi connectivity index (χ3n) is 1.81. The molecule has 0 fully saturated rings. The van der Waals surface area contributed by atoms with Crippen LogP contribution in [0.15, 0.2) is 24.3 Å². The Morgan fingerprint density at radius 3 is 2.69 bits per heavy atom. The van der Waals surface area contributed by atoms with Gasteiger partial charge in [-0.3, -0.25) is 4.21 Å². The van der Waals surface area contributed by atoms with Crippen LogP contribution < -0.4 is 0 Å². The Kier molecular flexibility index (Phi) is 4.12. The van der Waals surface area contributed by atoms with Crippen LogP contribution >= 0.6 is 0 Å². The fourth-order valence-corrected chi connectivity index (χ4v) is 1.75. The highest BCUT2D eigenvalue weighted by molar-refractivity contribution is 7.78. The highest BCUT2D eigenvalue weighted by Crippen LogP contribution is 2.08. The first-order valence-corrected chi connectivity index (χ1v) is 5.60. The zero-order valence-electron chi connectivity index (χ0n) is 7.66. The minimum Gasteiger partial charge on any atom is -0.772 e. The highest BCUT2D eigenvalue weighted by Gasteiger charge is 1.95. The van der Waals surface area contributed by atoms with Crippen molar-refractivity contribution in [3.63, 3.8) is 0 Å². The van der Waals surface area contributed by atoms with E-state index in [2.05, 4.69) is 6.92 Å². The van der Waals surface area contributed by atoms with Gasteiger partial charge >= 0.3 is 0 Å². The van der Waals surface area contributed by atoms with Crippen molar-refractivity contribution in [1.29, 1.82) is 0 Å². The molecular weight excluding hydrogens is 184 g/mol. The third-order valence-corrected chi connectivity index (χ3v) is 2.38. The predicted molar refractivity (Wildman–Crippen MR) is 53.1 cm³/mol. The van der Waals surface area contributed by atoms with E-state index in [0.29, 0.717) is 0 Å². The Bertz CT molecular complexity index is 297. The van der Waals surface area contributed by atoms with Crippen LogP contribution in [0, 0.1) is 0 Å². The summed E-state index contributed by atoms with van der Waals surface area (Å²) < 4.78 is 20.9. The van der Waals surface area contributed by atoms with Crippen molar-refractivity contribution in [2.75, 3.05) is 0 Å². The van der Waals surface area contributed by atoms with Crippen LogP contribution in [-0.4, -0.2) is 8.76 Å². The molecule has 0 saturated heterocycles. The Balaban J connectivity index is 2.73. The predicted octanol–water partition coefficient (Wildman–Crippen LogP) is 2.02. The van der Waals surface area contributed by atoms with Crippen molar-refractivity contribution in [2.45, 2.75) is 25.5 Å². The van der Waals surface area contributed by atoms with E-state index in [4.69, 9.17) is 0 Å². The first-order valence-electron chi connectivity index (χ1n) is 4.36. The molecule has 0 N–H and O–H groups in total. The first kappa shape index (κ1) is 10.4. The van der Waals surface area contributed by atoms with Crippen LogP contribution in [0.5, 0.6) is 0 Å². The molecule has 0 aromatic heterocycles. The Labute approximate surface area is 81.3 Å². The fourth-order valence-electron chi connectivity index (χ4n) is 1.30. The van der Waals surface area contributed by atoms with Crippen LogP contribution in [0.25, 0.3) is 0 Å². The summed E-state index contributed by atoms with van der Waals surface area (Å²) in [6, 6.07) is 7.74. The van der Waals surface area contributed by atoms with E-state index in [1.807, 2.05) is 24.3 Å². The van der Waals surface area contributed by atoms with Crippen molar-refractivity contribution in [3.8, 4) is 0 Å². The Morgan fingerprint density at radius 2 is 2.08 bits per heavy atom. The molecular formula is C10H13O2S-. The molecule has 72 valence electrons. The van der Waals surface area contributed by atoms with E-state index >= 15 is 0 Å². The van der Waals surface area contributed by atoms with Crippen LogP contribution in [-0.2, 0) is 23.3 Å². The lowest BCUT2D eigenvalue weighted by Gasteiger charge is -2.06. The van der Waals surface area contributed by atoms with Crippen molar-refractivity contribution < 1.29 is 8.76 Å². The summed E-state index contributed by atoms with van der Waals surface area (Å²) in [7, 11) is 0. The maximum absolute atomic E-state index is 10.4. The summed E-state index contributed by atoms with van der Waals surface area (Å²) in [5, 5.41) is 0. The molecule has 1 unspecified atom stereocenters. The smallest absolute Gasteiger partial charge is 0.0353 e. The number of benzene rings is 1. The Hall–Kier alpha value is -0.670. The quantitative estimate of drug-likeness (QED) is 0.693. The zero-order valence-corrected chi connectivity index (χ0v) is 8.47. The molecule has 0 saturated carbocycles. The molecule has 0 bridgehead atoms. The van der Waals surface area contributed by atoms with Gasteiger partial charge in [-0.25, -0.2) is 0 Å². The second kappa shape index (κ2) is 5.14. The molecule has 0 spiro atoms. The Morgan fingerprint density at radius 1 is 1.38 bits per heavy atom. The minimum atomic E-state index is -1.98. The summed E-state index contributed by atoms with van der Waals surface area (Å²) in [6.45, 7) is 2.11. The van der Waals surface area contributed by atoms with Crippen molar-refractivity contribution in [1.82, 2.24) is 0 Å². The van der Waals surface area contributed by atoms with Gasteiger partial charge in [0.05, 0.1) is 0 Å². The number of hydrogen-bond acceptors (Lipinski definition) is 2. The molecule has 2 nitrogen and oxygen atoms in total. The summed E-state index contributed by atoms with van der Waals surface area (Å²) in [4.78, 5) is 0. The van der Waals surface area contributed by atoms with E-state index in [1.165, 1.54) is 5.56 Å². The molecule has 1 atom stereocenters. The summed E-state index contributed by atoms with van der Waals surface area (Å²) >= 11 is -1.98. The van der Waals surface area contributed by atoms with Gasteiger partial charge in [0, 0.05) is 5.75 Å². The molecule has 1 aromatic carbocycles. The average Bonchev–Trinajstić information content (AvgIpc) is 2.04. The van der Waals surface area contributed by atoms with Crippen LogP contribution in [0.3, 0.4) is 0 Å². The largest absolute Gasteiger partial charge is 0.772 e. The standard InChI is InChI=1S/C10H14O2S/c1-2-4-9-5-3-6-10(7-9)8-13(11)12/h3,5-7H,2,4,8H2,1H3,(H,11,12)/p-1. The van der Waals surface area contributed by atoms with E-state index in [1.54, 1.807) is 0 Å². The van der Waals surface area contributed by atoms with E-state index in [-0.39, 0.29) is 5.75 Å². The van der Waals surface area contributed by atoms with E-state index < -0.39 is 11.1 Å². The lowest BCUT2D eigenvalue weighted by Crippen LogP contribution is -1.94. The topological polar surface area (TPSA) is 40.1 Å². The van der Waals surface area contributed by atoms with Gasteiger partial charge in [0.25, 0.3) is 0 Å². The second-order valence-corrected chi connectivity index (χ2v) is 3.91. The van der Waals surface area contributed by atoms with Gasteiger partial charge in [-0.2, -0.15) is 0 Å². The lowest BCUT2D eigenvalue weighted by atomic mass is 10.1. The molecule has 0 aliphatic carbocycles. The molecule has 0 radical (unpaired) electrons. The lowest BCUT2D eigenvalue weighted by molar-refractivity contribution is 0.536. The monoisotopic (exact) mass is 197 g/mol. The van der Waals surface area contributed by atoms with Crippen molar-refractivity contribution in [3.05, 3.63) is 35.4 Å². The molecule has 1 aromatic rings. The van der Waals surface area contributed by atoms with Gasteiger partial charge < -0.3 is 4.55 Å². The maximum Gasteiger partial charge on any atom is 0.0353 e. The van der Waals surface area contributed by atoms with Gasteiger partial charge in [-0.15, -0.1) is 0 Å². The van der Waals surface area contributed by atoms with E-state index in [9.17, 15) is 8.76 Å². The molecule has 1 rings (SSSR count). The third kappa shape index (κ3) is 3.70. The van der Waals surface area contributed by atoms with Gasteiger partial charge in [0.2, 0.25) is 0 Å². The zero-order chi connectivity index (χ0) is 9.68. The minimum absolute atomic E-state index is 0.123. The highest BCUT2D eigenvalue weighted by atomic mass is 32.2. The molecule has 13 heavy (non-hydrogen) atoms. The van der Waals surface area contributed by atoms with Crippen LogP contribution in [0.1, 0.15) is 24.5 Å². The average molecular weight is 197 g/mol. The van der Waals surface area contributed by atoms with Crippen molar-refractivity contribution in [2.24, 2.45) is 0 Å². The SMILES string of the molecule is CCCc1cccc(CS(=O)[O-])c1. The molecule has 0 aliphatic rings. The summed E-state index contributed by atoms with van der Waals surface area (Å²) in [6.07, 6.45) is 2.10. The second-order valence-electron chi connectivity index (χ2n) is 3.02. The van der Waals surface area contributed by atoms with Crippen LogP contribution in [0.2, 0.25) is 0 Å². The molecule has 0 aliphatic heterocycles. The molecule has 3 heteroatoms. The number of rotatable bonds is 4.